The van der Waals surface area contributed by atoms with Crippen LogP contribution in [0.4, 0.5) is 13.2 Å². The highest BCUT2D eigenvalue weighted by molar-refractivity contribution is 6.34. The standard InChI is InChI=1S/C26H25ClF3N3O/c1-25(14-3-5-16-32-25)23(18-12-10-17(11-13-18)21-9-2-4-15-31-21)33-24(34)19-7-6-8-20(22(19)27)26(28,29)30/h2,4,6-13,15,23,32H,3,5,14,16H2,1H3,(H,33,34)/t23-,25-/m0/s1. The highest BCUT2D eigenvalue weighted by Gasteiger charge is 2.39. The van der Waals surface area contributed by atoms with Gasteiger partial charge in [0, 0.05) is 17.3 Å². The molecule has 1 amide bonds. The van der Waals surface area contributed by atoms with E-state index in [1.807, 2.05) is 49.4 Å². The van der Waals surface area contributed by atoms with E-state index in [-0.39, 0.29) is 5.56 Å². The largest absolute Gasteiger partial charge is 0.417 e. The number of rotatable bonds is 5. The summed E-state index contributed by atoms with van der Waals surface area (Å²) in [4.78, 5) is 17.6. The zero-order chi connectivity index (χ0) is 24.3. The number of piperidine rings is 1. The quantitative estimate of drug-likeness (QED) is 0.436. The molecule has 3 aromatic rings. The minimum Gasteiger partial charge on any atom is -0.343 e. The summed E-state index contributed by atoms with van der Waals surface area (Å²) in [6.07, 6.45) is -0.125. The molecule has 1 aliphatic rings. The maximum absolute atomic E-state index is 13.3. The molecule has 2 N–H and O–H groups in total. The van der Waals surface area contributed by atoms with Crippen LogP contribution in [0.5, 0.6) is 0 Å². The molecule has 4 nitrogen and oxygen atoms in total. The zero-order valence-electron chi connectivity index (χ0n) is 18.6. The van der Waals surface area contributed by atoms with Crippen molar-refractivity contribution < 1.29 is 18.0 Å². The van der Waals surface area contributed by atoms with Gasteiger partial charge >= 0.3 is 6.18 Å². The number of aromatic nitrogens is 1. The van der Waals surface area contributed by atoms with E-state index in [2.05, 4.69) is 15.6 Å². The average Bonchev–Trinajstić information content (AvgIpc) is 2.83. The lowest BCUT2D eigenvalue weighted by molar-refractivity contribution is -0.137. The third kappa shape index (κ3) is 5.10. The Kier molecular flexibility index (Phi) is 6.96. The molecule has 0 spiro atoms. The molecule has 34 heavy (non-hydrogen) atoms. The number of nitrogens with one attached hydrogen (secondary N) is 2. The van der Waals surface area contributed by atoms with Crippen molar-refractivity contribution in [1.29, 1.82) is 0 Å². The molecule has 0 bridgehead atoms. The Labute approximate surface area is 201 Å². The van der Waals surface area contributed by atoms with Gasteiger partial charge in [-0.1, -0.05) is 54.4 Å². The molecule has 178 valence electrons. The van der Waals surface area contributed by atoms with E-state index in [0.717, 1.165) is 48.7 Å². The molecule has 4 rings (SSSR count). The molecule has 8 heteroatoms. The molecule has 2 atom stereocenters. The molecule has 0 unspecified atom stereocenters. The van der Waals surface area contributed by atoms with Gasteiger partial charge in [0.05, 0.1) is 27.9 Å². The molecule has 0 aliphatic carbocycles. The number of alkyl halides is 3. The second-order valence-corrected chi connectivity index (χ2v) is 9.09. The Bertz CT molecular complexity index is 1140. The van der Waals surface area contributed by atoms with E-state index in [1.165, 1.54) is 12.1 Å². The molecule has 1 aliphatic heterocycles. The smallest absolute Gasteiger partial charge is 0.343 e. The Morgan fingerprint density at radius 2 is 1.85 bits per heavy atom. The molecule has 0 saturated carbocycles. The predicted octanol–water partition coefficient (Wildman–Crippen LogP) is 6.42. The second-order valence-electron chi connectivity index (χ2n) is 8.71. The number of nitrogens with zero attached hydrogens (tertiary/aromatic N) is 1. The monoisotopic (exact) mass is 487 g/mol. The number of benzene rings is 2. The maximum atomic E-state index is 13.3. The number of hydrogen-bond donors (Lipinski definition) is 2. The molecular weight excluding hydrogens is 463 g/mol. The van der Waals surface area contributed by atoms with E-state index >= 15 is 0 Å². The lowest BCUT2D eigenvalue weighted by Gasteiger charge is -2.42. The zero-order valence-corrected chi connectivity index (χ0v) is 19.4. The van der Waals surface area contributed by atoms with Crippen molar-refractivity contribution in [2.75, 3.05) is 6.54 Å². The fraction of sp³-hybridized carbons (Fsp3) is 0.308. The van der Waals surface area contributed by atoms with Crippen molar-refractivity contribution in [3.63, 3.8) is 0 Å². The highest BCUT2D eigenvalue weighted by atomic mass is 35.5. The predicted molar refractivity (Wildman–Crippen MR) is 127 cm³/mol. The summed E-state index contributed by atoms with van der Waals surface area (Å²) >= 11 is 6.02. The van der Waals surface area contributed by atoms with Crippen molar-refractivity contribution in [1.82, 2.24) is 15.6 Å². The Hall–Kier alpha value is -2.90. The van der Waals surface area contributed by atoms with Crippen LogP contribution in [0.1, 0.15) is 53.7 Å². The second kappa shape index (κ2) is 9.76. The summed E-state index contributed by atoms with van der Waals surface area (Å²) in [6.45, 7) is 2.82. The summed E-state index contributed by atoms with van der Waals surface area (Å²) < 4.78 is 40.0. The Morgan fingerprint density at radius 3 is 2.47 bits per heavy atom. The van der Waals surface area contributed by atoms with Crippen LogP contribution >= 0.6 is 11.6 Å². The van der Waals surface area contributed by atoms with Crippen molar-refractivity contribution in [3.8, 4) is 11.3 Å². The number of carbonyl (C=O) groups is 1. The Morgan fingerprint density at radius 1 is 1.09 bits per heavy atom. The number of halogens is 4. The van der Waals surface area contributed by atoms with Gasteiger partial charge in [0.1, 0.15) is 0 Å². The van der Waals surface area contributed by atoms with Crippen LogP contribution in [0.15, 0.2) is 66.9 Å². The third-order valence-electron chi connectivity index (χ3n) is 6.32. The van der Waals surface area contributed by atoms with Crippen LogP contribution in [0.2, 0.25) is 5.02 Å². The minimum absolute atomic E-state index is 0.203. The van der Waals surface area contributed by atoms with Crippen LogP contribution in [0, 0.1) is 0 Å². The SMILES string of the molecule is C[C@@]1([C@@H](NC(=O)c2cccc(C(F)(F)F)c2Cl)c2ccc(-c3ccccn3)cc2)CCCCN1. The fourth-order valence-corrected chi connectivity index (χ4v) is 4.77. The van der Waals surface area contributed by atoms with Crippen molar-refractivity contribution in [2.24, 2.45) is 0 Å². The molecular formula is C26H25ClF3N3O. The van der Waals surface area contributed by atoms with E-state index < -0.39 is 34.3 Å². The van der Waals surface area contributed by atoms with Gasteiger partial charge < -0.3 is 10.6 Å². The van der Waals surface area contributed by atoms with Gasteiger partial charge in [0.15, 0.2) is 0 Å². The molecule has 1 fully saturated rings. The number of hydrogen-bond acceptors (Lipinski definition) is 3. The number of amides is 1. The summed E-state index contributed by atoms with van der Waals surface area (Å²) in [5.74, 6) is -0.650. The summed E-state index contributed by atoms with van der Waals surface area (Å²) in [5.41, 5.74) is 0.887. The van der Waals surface area contributed by atoms with Crippen LogP contribution in [-0.4, -0.2) is 23.0 Å². The van der Waals surface area contributed by atoms with Crippen LogP contribution < -0.4 is 10.6 Å². The van der Waals surface area contributed by atoms with Gasteiger partial charge in [0.2, 0.25) is 0 Å². The first-order valence-corrected chi connectivity index (χ1v) is 11.5. The van der Waals surface area contributed by atoms with E-state index in [0.29, 0.717) is 0 Å². The van der Waals surface area contributed by atoms with Gasteiger partial charge in [-0.2, -0.15) is 13.2 Å². The van der Waals surface area contributed by atoms with Crippen LogP contribution in [-0.2, 0) is 6.18 Å². The minimum atomic E-state index is -4.65. The van der Waals surface area contributed by atoms with E-state index in [9.17, 15) is 18.0 Å². The van der Waals surface area contributed by atoms with Crippen molar-refractivity contribution >= 4 is 17.5 Å². The number of carbonyl (C=O) groups excluding carboxylic acids is 1. The first-order valence-electron chi connectivity index (χ1n) is 11.1. The van der Waals surface area contributed by atoms with Crippen molar-refractivity contribution in [2.45, 2.75) is 43.9 Å². The van der Waals surface area contributed by atoms with Gasteiger partial charge in [-0.05, 0) is 56.1 Å². The topological polar surface area (TPSA) is 54.0 Å². The maximum Gasteiger partial charge on any atom is 0.417 e. The number of pyridine rings is 1. The van der Waals surface area contributed by atoms with Gasteiger partial charge in [-0.15, -0.1) is 0 Å². The van der Waals surface area contributed by atoms with Crippen molar-refractivity contribution in [3.05, 3.63) is 88.6 Å². The highest BCUT2D eigenvalue weighted by Crippen LogP contribution is 2.38. The molecule has 0 radical (unpaired) electrons. The van der Waals surface area contributed by atoms with Gasteiger partial charge in [0.25, 0.3) is 5.91 Å². The summed E-state index contributed by atoms with van der Waals surface area (Å²) in [6, 6.07) is 16.3. The fourth-order valence-electron chi connectivity index (χ4n) is 4.45. The normalized spacial score (nSPS) is 19.4. The first-order chi connectivity index (χ1) is 16.2. The lowest BCUT2D eigenvalue weighted by Crippen LogP contribution is -2.55. The van der Waals surface area contributed by atoms with Gasteiger partial charge in [-0.25, -0.2) is 0 Å². The molecule has 2 heterocycles. The van der Waals surface area contributed by atoms with E-state index in [4.69, 9.17) is 11.6 Å². The summed E-state index contributed by atoms with van der Waals surface area (Å²) in [7, 11) is 0. The first kappa shape index (κ1) is 24.2. The molecule has 1 saturated heterocycles. The third-order valence-corrected chi connectivity index (χ3v) is 6.72. The van der Waals surface area contributed by atoms with Crippen LogP contribution in [0.3, 0.4) is 0 Å². The Balaban J connectivity index is 1.67. The molecule has 1 aromatic heterocycles. The average molecular weight is 488 g/mol. The van der Waals surface area contributed by atoms with Gasteiger partial charge in [-0.3, -0.25) is 9.78 Å². The summed E-state index contributed by atoms with van der Waals surface area (Å²) in [5, 5.41) is 5.88. The van der Waals surface area contributed by atoms with Crippen LogP contribution in [0.25, 0.3) is 11.3 Å². The molecule has 2 aromatic carbocycles. The lowest BCUT2D eigenvalue weighted by atomic mass is 9.80. The van der Waals surface area contributed by atoms with E-state index in [1.54, 1.807) is 6.20 Å².